The Labute approximate surface area is 195 Å². The second-order valence-corrected chi connectivity index (χ2v) is 8.85. The molecule has 0 spiro atoms. The van der Waals surface area contributed by atoms with Crippen molar-refractivity contribution in [3.05, 3.63) is 66.5 Å². The van der Waals surface area contributed by atoms with Gasteiger partial charge in [0.15, 0.2) is 5.65 Å². The number of aryl methyl sites for hydroxylation is 1. The Morgan fingerprint density at radius 2 is 1.79 bits per heavy atom. The van der Waals surface area contributed by atoms with Crippen LogP contribution >= 0.6 is 0 Å². The highest BCUT2D eigenvalue weighted by atomic mass is 16.1. The van der Waals surface area contributed by atoms with Gasteiger partial charge in [-0.25, -0.2) is 19.6 Å². The van der Waals surface area contributed by atoms with Crippen LogP contribution in [-0.4, -0.2) is 30.6 Å². The number of rotatable bonds is 4. The van der Waals surface area contributed by atoms with Crippen LogP contribution in [0.5, 0.6) is 0 Å². The molecule has 0 aliphatic heterocycles. The summed E-state index contributed by atoms with van der Waals surface area (Å²) in [4.78, 5) is 25.2. The number of nitrogens with two attached hydrogens (primary N) is 2. The number of primary amides is 1. The highest BCUT2D eigenvalue weighted by molar-refractivity contribution is 6.01. The van der Waals surface area contributed by atoms with Gasteiger partial charge in [0.2, 0.25) is 5.91 Å². The van der Waals surface area contributed by atoms with Crippen LogP contribution in [0.15, 0.2) is 60.9 Å². The van der Waals surface area contributed by atoms with Crippen molar-refractivity contribution in [2.24, 2.45) is 11.7 Å². The van der Waals surface area contributed by atoms with Crippen LogP contribution in [0.25, 0.3) is 44.5 Å². The fourth-order valence-corrected chi connectivity index (χ4v) is 4.82. The van der Waals surface area contributed by atoms with E-state index in [2.05, 4.69) is 41.2 Å². The highest BCUT2D eigenvalue weighted by Gasteiger charge is 2.36. The molecule has 0 atom stereocenters. The zero-order valence-electron chi connectivity index (χ0n) is 18.6. The van der Waals surface area contributed by atoms with Gasteiger partial charge in [-0.2, -0.15) is 5.10 Å². The summed E-state index contributed by atoms with van der Waals surface area (Å²) in [6.45, 7) is 2.05. The van der Waals surface area contributed by atoms with Crippen molar-refractivity contribution >= 4 is 33.7 Å². The van der Waals surface area contributed by atoms with Crippen molar-refractivity contribution in [2.75, 3.05) is 5.73 Å². The minimum atomic E-state index is -0.271. The van der Waals surface area contributed by atoms with Gasteiger partial charge in [-0.05, 0) is 31.4 Å². The number of pyridine rings is 1. The van der Waals surface area contributed by atoms with Crippen LogP contribution in [-0.2, 0) is 4.79 Å². The Kier molecular flexibility index (Phi) is 4.55. The minimum Gasteiger partial charge on any atom is -0.383 e. The van der Waals surface area contributed by atoms with E-state index < -0.39 is 0 Å². The molecule has 1 aliphatic rings. The number of amides is 1. The zero-order valence-corrected chi connectivity index (χ0v) is 18.6. The molecule has 1 amide bonds. The molecule has 8 nitrogen and oxygen atoms in total. The maximum absolute atomic E-state index is 11.5. The Balaban J connectivity index is 1.52. The molecule has 4 N–H and O–H groups in total. The lowest BCUT2D eigenvalue weighted by Gasteiger charge is -2.33. The van der Waals surface area contributed by atoms with Crippen LogP contribution in [0.1, 0.15) is 24.4 Å². The Hall–Kier alpha value is -4.33. The summed E-state index contributed by atoms with van der Waals surface area (Å²) in [6, 6.07) is 18.4. The smallest absolute Gasteiger partial charge is 0.220 e. The van der Waals surface area contributed by atoms with Crippen LogP contribution in [0.3, 0.4) is 0 Å². The standard InChI is InChI=1S/C26H23N7O/c1-14-19(9-7-16-8-10-20(31-22(14)16)15-5-3-2-4-6-15)23-21-24(27)29-13-30-26(21)33(32-23)18-11-17(12-18)25(28)34/h2-10,13,17-18H,11-12H2,1H3,(H2,28,34)(H2,27,29,30). The largest absolute Gasteiger partial charge is 0.383 e. The van der Waals surface area contributed by atoms with Gasteiger partial charge in [0.05, 0.1) is 22.6 Å². The first kappa shape index (κ1) is 20.3. The van der Waals surface area contributed by atoms with E-state index in [0.29, 0.717) is 29.7 Å². The lowest BCUT2D eigenvalue weighted by atomic mass is 9.80. The molecule has 5 aromatic rings. The number of fused-ring (bicyclic) bond motifs is 2. The lowest BCUT2D eigenvalue weighted by Crippen LogP contribution is -2.36. The van der Waals surface area contributed by atoms with Gasteiger partial charge >= 0.3 is 0 Å². The fraction of sp³-hybridized carbons (Fsp3) is 0.192. The topological polar surface area (TPSA) is 126 Å². The number of benzene rings is 2. The molecule has 0 unspecified atom stereocenters. The third kappa shape index (κ3) is 3.10. The van der Waals surface area contributed by atoms with Crippen LogP contribution in [0.4, 0.5) is 5.82 Å². The van der Waals surface area contributed by atoms with Crippen molar-refractivity contribution in [1.82, 2.24) is 24.7 Å². The van der Waals surface area contributed by atoms with Gasteiger partial charge < -0.3 is 11.5 Å². The molecular weight excluding hydrogens is 426 g/mol. The molecule has 2 aromatic carbocycles. The molecule has 0 bridgehead atoms. The third-order valence-electron chi connectivity index (χ3n) is 6.82. The molecule has 8 heteroatoms. The fourth-order valence-electron chi connectivity index (χ4n) is 4.82. The summed E-state index contributed by atoms with van der Waals surface area (Å²) in [7, 11) is 0. The molecule has 3 aromatic heterocycles. The molecule has 6 rings (SSSR count). The first-order chi connectivity index (χ1) is 16.5. The predicted octanol–water partition coefficient (Wildman–Crippen LogP) is 4.04. The maximum atomic E-state index is 11.5. The van der Waals surface area contributed by atoms with Crippen molar-refractivity contribution in [2.45, 2.75) is 25.8 Å². The van der Waals surface area contributed by atoms with Crippen molar-refractivity contribution in [1.29, 1.82) is 0 Å². The summed E-state index contributed by atoms with van der Waals surface area (Å²) < 4.78 is 1.87. The molecule has 1 fully saturated rings. The molecule has 1 saturated carbocycles. The Morgan fingerprint density at radius 3 is 2.56 bits per heavy atom. The SMILES string of the molecule is Cc1c(-c2nn(C3CC(C(N)=O)C3)c3ncnc(N)c23)ccc2ccc(-c3ccccc3)nc12. The summed E-state index contributed by atoms with van der Waals surface area (Å²) in [5.74, 6) is -0.0230. The number of carbonyl (C=O) groups excluding carboxylic acids is 1. The molecule has 0 saturated heterocycles. The second kappa shape index (κ2) is 7.62. The van der Waals surface area contributed by atoms with E-state index in [4.69, 9.17) is 21.5 Å². The van der Waals surface area contributed by atoms with E-state index in [1.165, 1.54) is 6.33 Å². The van der Waals surface area contributed by atoms with E-state index in [1.54, 1.807) is 0 Å². The monoisotopic (exact) mass is 449 g/mol. The lowest BCUT2D eigenvalue weighted by molar-refractivity contribution is -0.125. The number of nitrogens with zero attached hydrogens (tertiary/aromatic N) is 5. The van der Waals surface area contributed by atoms with Crippen LogP contribution < -0.4 is 11.5 Å². The minimum absolute atomic E-state index is 0.0478. The van der Waals surface area contributed by atoms with Gasteiger partial charge in [0.1, 0.15) is 17.8 Å². The van der Waals surface area contributed by atoms with Crippen LogP contribution in [0.2, 0.25) is 0 Å². The van der Waals surface area contributed by atoms with E-state index >= 15 is 0 Å². The van der Waals surface area contributed by atoms with Crippen molar-refractivity contribution in [3.8, 4) is 22.5 Å². The average Bonchev–Trinajstić information content (AvgIpc) is 3.19. The van der Waals surface area contributed by atoms with Crippen molar-refractivity contribution < 1.29 is 4.79 Å². The van der Waals surface area contributed by atoms with E-state index in [9.17, 15) is 4.79 Å². The van der Waals surface area contributed by atoms with Crippen LogP contribution in [0, 0.1) is 12.8 Å². The molecule has 168 valence electrons. The Morgan fingerprint density at radius 1 is 1.03 bits per heavy atom. The number of carbonyl (C=O) groups is 1. The summed E-state index contributed by atoms with van der Waals surface area (Å²) in [5, 5.41) is 6.71. The number of hydrogen-bond acceptors (Lipinski definition) is 6. The molecule has 0 radical (unpaired) electrons. The number of nitrogen functional groups attached to an aromatic ring is 1. The van der Waals surface area contributed by atoms with Gasteiger partial charge in [0, 0.05) is 22.4 Å². The summed E-state index contributed by atoms with van der Waals surface area (Å²) >= 11 is 0. The normalized spacial score (nSPS) is 17.7. The number of hydrogen-bond donors (Lipinski definition) is 2. The predicted molar refractivity (Wildman–Crippen MR) is 132 cm³/mol. The quantitative estimate of drug-likeness (QED) is 0.427. The highest BCUT2D eigenvalue weighted by Crippen LogP contribution is 2.42. The van der Waals surface area contributed by atoms with E-state index in [-0.39, 0.29) is 17.9 Å². The maximum Gasteiger partial charge on any atom is 0.220 e. The summed E-state index contributed by atoms with van der Waals surface area (Å²) in [5.41, 5.74) is 18.0. The third-order valence-corrected chi connectivity index (χ3v) is 6.82. The van der Waals surface area contributed by atoms with Gasteiger partial charge in [0.25, 0.3) is 0 Å². The van der Waals surface area contributed by atoms with Gasteiger partial charge in [-0.3, -0.25) is 4.79 Å². The molecule has 3 heterocycles. The zero-order chi connectivity index (χ0) is 23.4. The summed E-state index contributed by atoms with van der Waals surface area (Å²) in [6.07, 6.45) is 2.74. The Bertz CT molecular complexity index is 1570. The molecular formula is C26H23N7O. The van der Waals surface area contributed by atoms with Gasteiger partial charge in [-0.15, -0.1) is 0 Å². The second-order valence-electron chi connectivity index (χ2n) is 8.85. The molecule has 1 aliphatic carbocycles. The van der Waals surface area contributed by atoms with E-state index in [0.717, 1.165) is 39.0 Å². The number of anilines is 1. The first-order valence-corrected chi connectivity index (χ1v) is 11.3. The first-order valence-electron chi connectivity index (χ1n) is 11.3. The van der Waals surface area contributed by atoms with Gasteiger partial charge in [-0.1, -0.05) is 48.5 Å². The van der Waals surface area contributed by atoms with Crippen molar-refractivity contribution in [3.63, 3.8) is 0 Å². The molecule has 34 heavy (non-hydrogen) atoms. The average molecular weight is 450 g/mol. The number of aromatic nitrogens is 5. The van der Waals surface area contributed by atoms with E-state index in [1.807, 2.05) is 35.0 Å².